The summed E-state index contributed by atoms with van der Waals surface area (Å²) in [4.78, 5) is 23.5. The van der Waals surface area contributed by atoms with E-state index in [1.165, 1.54) is 6.92 Å². The fraction of sp³-hybridized carbons (Fsp3) is 0.900. The first-order valence-corrected chi connectivity index (χ1v) is 13.8. The molecule has 2 saturated heterocycles. The highest BCUT2D eigenvalue weighted by atomic mass is 32.3. The van der Waals surface area contributed by atoms with Gasteiger partial charge in [0.25, 0.3) is 0 Å². The monoisotopic (exact) mass is 606 g/mol. The number of aliphatic carboxylic acids is 1. The first kappa shape index (κ1) is 34.0. The SMILES string of the molecule is CC(=O)NC1C(CO)OC(COS(=O)(=O)[O-])C(OSOO[O-])C1COCC1OC(C(=O)[O-])C(CO)C(C)C1C. The number of aliphatic hydroxyl groups excluding tert-OH is 2. The fourth-order valence-corrected chi connectivity index (χ4v) is 5.56. The van der Waals surface area contributed by atoms with Crippen LogP contribution in [-0.4, -0.2) is 105 Å². The highest BCUT2D eigenvalue weighted by Gasteiger charge is 2.48. The minimum Gasteiger partial charge on any atom is -0.726 e. The van der Waals surface area contributed by atoms with Crippen LogP contribution in [0.5, 0.6) is 0 Å². The van der Waals surface area contributed by atoms with E-state index in [2.05, 4.69) is 18.9 Å². The normalized spacial score (nSPS) is 35.5. The molecule has 2 fully saturated rings. The Morgan fingerprint density at radius 2 is 1.69 bits per heavy atom. The second-order valence-electron chi connectivity index (χ2n) is 9.26. The molecule has 10 atom stereocenters. The molecule has 0 bridgehead atoms. The molecule has 0 aromatic rings. The van der Waals surface area contributed by atoms with E-state index in [-0.39, 0.29) is 37.4 Å². The molecule has 228 valence electrons. The van der Waals surface area contributed by atoms with E-state index < -0.39 is 90.5 Å². The predicted molar refractivity (Wildman–Crippen MR) is 121 cm³/mol. The minimum atomic E-state index is -5.16. The van der Waals surface area contributed by atoms with Crippen LogP contribution in [0.1, 0.15) is 20.8 Å². The van der Waals surface area contributed by atoms with Crippen molar-refractivity contribution < 1.29 is 75.1 Å². The average molecular weight is 607 g/mol. The fourth-order valence-electron chi connectivity index (χ4n) is 4.84. The molecule has 0 spiro atoms. The summed E-state index contributed by atoms with van der Waals surface area (Å²) in [7, 11) is -5.16. The van der Waals surface area contributed by atoms with Crippen LogP contribution < -0.4 is 15.7 Å². The Hall–Kier alpha value is -1.20. The maximum absolute atomic E-state index is 11.9. The molecular formula is C20H32NO16S2-3. The highest BCUT2D eigenvalue weighted by molar-refractivity contribution is 7.89. The third kappa shape index (κ3) is 9.69. The van der Waals surface area contributed by atoms with Gasteiger partial charge < -0.3 is 49.5 Å². The molecule has 2 aliphatic heterocycles. The van der Waals surface area contributed by atoms with Gasteiger partial charge in [0.15, 0.2) is 12.3 Å². The van der Waals surface area contributed by atoms with E-state index in [1.54, 1.807) is 13.8 Å². The van der Waals surface area contributed by atoms with Crippen molar-refractivity contribution in [3.8, 4) is 0 Å². The lowest BCUT2D eigenvalue weighted by Crippen LogP contribution is -2.63. The molecule has 10 unspecified atom stereocenters. The molecule has 2 rings (SSSR count). The van der Waals surface area contributed by atoms with E-state index >= 15 is 0 Å². The van der Waals surface area contributed by atoms with E-state index in [4.69, 9.17) is 18.4 Å². The summed E-state index contributed by atoms with van der Waals surface area (Å²) >= 11 is 0.0496. The number of hydrogen-bond acceptors (Lipinski definition) is 17. The zero-order chi connectivity index (χ0) is 29.3. The van der Waals surface area contributed by atoms with Crippen LogP contribution in [0.2, 0.25) is 0 Å². The standard InChI is InChI=1S/C20H35NO16S2/c1-9-10(2)15(34-19(20(25)26)12(9)4-22)7-31-6-13-17(21-11(3)24)14(5-23)33-16(8-32-39(28,29)30)18(13)35-38-37-36-27/h9-10,12-19,22-23,27H,4-8H2,1-3H3,(H,21,24)(H,25,26)(H,28,29,30)/p-3. The van der Waals surface area contributed by atoms with Gasteiger partial charge in [0.2, 0.25) is 16.3 Å². The Morgan fingerprint density at radius 3 is 2.23 bits per heavy atom. The smallest absolute Gasteiger partial charge is 0.217 e. The number of carbonyl (C=O) groups is 2. The highest BCUT2D eigenvalue weighted by Crippen LogP contribution is 2.36. The van der Waals surface area contributed by atoms with Gasteiger partial charge in [0.1, 0.15) is 24.4 Å². The molecule has 2 aliphatic rings. The van der Waals surface area contributed by atoms with Crippen molar-refractivity contribution in [1.82, 2.24) is 5.32 Å². The molecule has 0 saturated carbocycles. The van der Waals surface area contributed by atoms with Crippen LogP contribution in [0.3, 0.4) is 0 Å². The second-order valence-corrected chi connectivity index (χ2v) is 10.8. The Balaban J connectivity index is 2.26. The number of nitrogens with one attached hydrogen (secondary N) is 1. The van der Waals surface area contributed by atoms with Crippen molar-refractivity contribution in [3.63, 3.8) is 0 Å². The topological polar surface area (TPSA) is 255 Å². The van der Waals surface area contributed by atoms with Crippen molar-refractivity contribution in [2.75, 3.05) is 33.0 Å². The zero-order valence-electron chi connectivity index (χ0n) is 21.2. The average Bonchev–Trinajstić information content (AvgIpc) is 2.86. The number of amides is 1. The number of carboxylic acid groups (broad SMARTS) is 1. The minimum absolute atomic E-state index is 0.0496. The van der Waals surface area contributed by atoms with E-state index in [0.29, 0.717) is 0 Å². The van der Waals surface area contributed by atoms with Crippen molar-refractivity contribution in [3.05, 3.63) is 0 Å². The lowest BCUT2D eigenvalue weighted by Gasteiger charge is -2.46. The van der Waals surface area contributed by atoms with Crippen molar-refractivity contribution >= 4 is 34.6 Å². The molecule has 0 aromatic carbocycles. The quantitative estimate of drug-likeness (QED) is 0.0400. The van der Waals surface area contributed by atoms with Crippen LogP contribution in [0.15, 0.2) is 0 Å². The molecule has 2 heterocycles. The van der Waals surface area contributed by atoms with Crippen molar-refractivity contribution in [1.29, 1.82) is 0 Å². The molecular weight excluding hydrogens is 574 g/mol. The summed E-state index contributed by atoms with van der Waals surface area (Å²) < 4.78 is 64.0. The molecule has 3 N–H and O–H groups in total. The number of hydrogen-bond donors (Lipinski definition) is 3. The molecule has 19 heteroatoms. The lowest BCUT2D eigenvalue weighted by molar-refractivity contribution is -0.777. The number of carboxylic acids is 1. The Labute approximate surface area is 229 Å². The van der Waals surface area contributed by atoms with Crippen LogP contribution in [0.4, 0.5) is 0 Å². The predicted octanol–water partition coefficient (Wildman–Crippen LogP) is -4.07. The first-order valence-electron chi connectivity index (χ1n) is 11.8. The van der Waals surface area contributed by atoms with Crippen LogP contribution in [-0.2, 0) is 51.9 Å². The maximum Gasteiger partial charge on any atom is 0.217 e. The zero-order valence-corrected chi connectivity index (χ0v) is 22.9. The van der Waals surface area contributed by atoms with Gasteiger partial charge in [-0.05, 0) is 11.8 Å². The lowest BCUT2D eigenvalue weighted by atomic mass is 9.76. The third-order valence-corrected chi connectivity index (χ3v) is 7.81. The molecule has 0 aromatic heterocycles. The first-order chi connectivity index (χ1) is 18.3. The summed E-state index contributed by atoms with van der Waals surface area (Å²) in [5.41, 5.74) is 0. The van der Waals surface area contributed by atoms with E-state index in [0.717, 1.165) is 0 Å². The molecule has 0 aliphatic carbocycles. The summed E-state index contributed by atoms with van der Waals surface area (Å²) in [5, 5.41) is 47.2. The van der Waals surface area contributed by atoms with Gasteiger partial charge in [-0.15, -0.1) is 4.33 Å². The Morgan fingerprint density at radius 1 is 1.00 bits per heavy atom. The van der Waals surface area contributed by atoms with Gasteiger partial charge >= 0.3 is 0 Å². The molecule has 17 nitrogen and oxygen atoms in total. The van der Waals surface area contributed by atoms with E-state index in [1.807, 2.05) is 0 Å². The number of carbonyl (C=O) groups excluding carboxylic acids is 2. The maximum atomic E-state index is 11.9. The second kappa shape index (κ2) is 15.7. The van der Waals surface area contributed by atoms with E-state index in [9.17, 15) is 43.1 Å². The summed E-state index contributed by atoms with van der Waals surface area (Å²) in [6.07, 6.45) is -5.87. The van der Waals surface area contributed by atoms with Crippen LogP contribution >= 0.6 is 12.3 Å². The van der Waals surface area contributed by atoms with Gasteiger partial charge in [0, 0.05) is 25.4 Å². The van der Waals surface area contributed by atoms with Crippen LogP contribution in [0, 0.1) is 23.7 Å². The van der Waals surface area contributed by atoms with Gasteiger partial charge in [-0.3, -0.25) is 18.2 Å². The third-order valence-electron chi connectivity index (χ3n) is 6.97. The summed E-state index contributed by atoms with van der Waals surface area (Å²) in [6, 6.07) is -0.996. The summed E-state index contributed by atoms with van der Waals surface area (Å²) in [6.45, 7) is 2.40. The number of rotatable bonds is 15. The Kier molecular flexibility index (Phi) is 13.7. The van der Waals surface area contributed by atoms with Crippen LogP contribution in [0.25, 0.3) is 0 Å². The van der Waals surface area contributed by atoms with Gasteiger partial charge in [-0.25, -0.2) is 8.42 Å². The number of aliphatic hydroxyl groups is 2. The number of ether oxygens (including phenoxy) is 3. The van der Waals surface area contributed by atoms with Crippen molar-refractivity contribution in [2.45, 2.75) is 57.3 Å². The van der Waals surface area contributed by atoms with Crippen molar-refractivity contribution in [2.24, 2.45) is 23.7 Å². The molecule has 0 radical (unpaired) electrons. The van der Waals surface area contributed by atoms with Gasteiger partial charge in [0.05, 0.1) is 44.5 Å². The van der Waals surface area contributed by atoms with Gasteiger partial charge in [-0.2, -0.15) is 0 Å². The Bertz CT molecular complexity index is 893. The molecule has 39 heavy (non-hydrogen) atoms. The summed E-state index contributed by atoms with van der Waals surface area (Å²) in [5.74, 6) is -4.18. The largest absolute Gasteiger partial charge is 0.726 e. The van der Waals surface area contributed by atoms with Gasteiger partial charge in [-0.1, -0.05) is 13.8 Å². The molecule has 1 amide bonds.